The topological polar surface area (TPSA) is 32.3 Å². The number of rotatable bonds is 3. The molecule has 0 aliphatic carbocycles. The summed E-state index contributed by atoms with van der Waals surface area (Å²) < 4.78 is 38.6. The Balaban J connectivity index is 1.91. The van der Waals surface area contributed by atoms with Crippen LogP contribution in [0.3, 0.4) is 0 Å². The normalized spacial score (nSPS) is 18.1. The quantitative estimate of drug-likeness (QED) is 0.769. The Morgan fingerprint density at radius 2 is 1.89 bits per heavy atom. The molecule has 0 amide bonds. The van der Waals surface area contributed by atoms with Gasteiger partial charge in [0.25, 0.3) is 5.92 Å². The van der Waals surface area contributed by atoms with E-state index in [2.05, 4.69) is 9.97 Å². The first-order valence-electron chi connectivity index (χ1n) is 5.77. The van der Waals surface area contributed by atoms with Gasteiger partial charge in [-0.2, -0.15) is 4.39 Å². The third kappa shape index (κ3) is 3.56. The lowest BCUT2D eigenvalue weighted by Gasteiger charge is -2.36. The molecule has 1 aliphatic rings. The zero-order chi connectivity index (χ0) is 13.2. The number of anilines is 1. The Morgan fingerprint density at radius 1 is 1.22 bits per heavy atom. The van der Waals surface area contributed by atoms with Gasteiger partial charge >= 0.3 is 0 Å². The van der Waals surface area contributed by atoms with Crippen molar-refractivity contribution in [1.29, 1.82) is 0 Å². The number of nitrogens with zero attached hydrogens (tertiary/aromatic N) is 4. The van der Waals surface area contributed by atoms with Crippen LogP contribution in [-0.2, 0) is 0 Å². The highest BCUT2D eigenvalue weighted by Crippen LogP contribution is 2.17. The summed E-state index contributed by atoms with van der Waals surface area (Å²) >= 11 is 0. The van der Waals surface area contributed by atoms with E-state index in [1.165, 1.54) is 6.07 Å². The van der Waals surface area contributed by atoms with Gasteiger partial charge in [0.05, 0.1) is 6.54 Å². The van der Waals surface area contributed by atoms with Crippen LogP contribution >= 0.6 is 0 Å². The maximum Gasteiger partial charge on any atom is 0.257 e. The van der Waals surface area contributed by atoms with E-state index in [0.717, 1.165) is 13.3 Å². The molecule has 7 heteroatoms. The largest absolute Gasteiger partial charge is 0.354 e. The molecule has 0 atom stereocenters. The van der Waals surface area contributed by atoms with Gasteiger partial charge in [0.1, 0.15) is 12.1 Å². The van der Waals surface area contributed by atoms with Crippen molar-refractivity contribution in [1.82, 2.24) is 14.9 Å². The molecule has 2 heterocycles. The van der Waals surface area contributed by atoms with E-state index >= 15 is 0 Å². The molecule has 0 N–H and O–H groups in total. The monoisotopic (exact) mass is 260 g/mol. The minimum atomic E-state index is -2.68. The summed E-state index contributed by atoms with van der Waals surface area (Å²) in [4.78, 5) is 10.9. The molecule has 0 unspecified atom stereocenters. The van der Waals surface area contributed by atoms with Crippen LogP contribution in [0.15, 0.2) is 12.4 Å². The second-order valence-electron chi connectivity index (χ2n) is 4.53. The van der Waals surface area contributed by atoms with Crippen molar-refractivity contribution in [3.63, 3.8) is 0 Å². The highest BCUT2D eigenvalue weighted by atomic mass is 19.3. The Bertz CT molecular complexity index is 400. The molecule has 2 rings (SSSR count). The van der Waals surface area contributed by atoms with Crippen molar-refractivity contribution in [2.24, 2.45) is 0 Å². The van der Waals surface area contributed by atoms with E-state index in [4.69, 9.17) is 0 Å². The first-order valence-corrected chi connectivity index (χ1v) is 5.77. The predicted molar refractivity (Wildman–Crippen MR) is 61.3 cm³/mol. The number of hydrogen-bond acceptors (Lipinski definition) is 4. The van der Waals surface area contributed by atoms with Gasteiger partial charge in [-0.25, -0.2) is 18.7 Å². The number of piperazine rings is 1. The van der Waals surface area contributed by atoms with Crippen LogP contribution in [0.1, 0.15) is 6.92 Å². The van der Waals surface area contributed by atoms with Crippen molar-refractivity contribution in [2.45, 2.75) is 12.8 Å². The molecule has 4 nitrogen and oxygen atoms in total. The zero-order valence-electron chi connectivity index (χ0n) is 10.1. The first-order chi connectivity index (χ1) is 8.44. The molecule has 100 valence electrons. The van der Waals surface area contributed by atoms with Gasteiger partial charge in [0.15, 0.2) is 0 Å². The average Bonchev–Trinajstić information content (AvgIpc) is 2.28. The number of aromatic nitrogens is 2. The first kappa shape index (κ1) is 13.1. The van der Waals surface area contributed by atoms with E-state index in [1.807, 2.05) is 4.90 Å². The summed E-state index contributed by atoms with van der Waals surface area (Å²) in [7, 11) is 0. The fraction of sp³-hybridized carbons (Fsp3) is 0.636. The van der Waals surface area contributed by atoms with Gasteiger partial charge in [-0.15, -0.1) is 0 Å². The van der Waals surface area contributed by atoms with Gasteiger partial charge in [-0.05, 0) is 0 Å². The van der Waals surface area contributed by atoms with Crippen LogP contribution < -0.4 is 4.90 Å². The molecule has 1 aromatic rings. The molecule has 1 saturated heterocycles. The van der Waals surface area contributed by atoms with Gasteiger partial charge in [-0.1, -0.05) is 0 Å². The zero-order valence-corrected chi connectivity index (χ0v) is 10.1. The van der Waals surface area contributed by atoms with Gasteiger partial charge < -0.3 is 4.90 Å². The van der Waals surface area contributed by atoms with Crippen LogP contribution in [0, 0.1) is 5.95 Å². The van der Waals surface area contributed by atoms with Crippen LogP contribution in [-0.4, -0.2) is 53.5 Å². The van der Waals surface area contributed by atoms with Crippen molar-refractivity contribution in [3.05, 3.63) is 18.3 Å². The fourth-order valence-corrected chi connectivity index (χ4v) is 2.02. The second-order valence-corrected chi connectivity index (χ2v) is 4.53. The Morgan fingerprint density at radius 3 is 2.44 bits per heavy atom. The molecule has 0 spiro atoms. The van der Waals surface area contributed by atoms with E-state index < -0.39 is 11.9 Å². The summed E-state index contributed by atoms with van der Waals surface area (Å²) in [6.45, 7) is 2.85. The van der Waals surface area contributed by atoms with Crippen LogP contribution in [0.4, 0.5) is 19.0 Å². The third-order valence-corrected chi connectivity index (χ3v) is 2.82. The minimum absolute atomic E-state index is 0.237. The minimum Gasteiger partial charge on any atom is -0.354 e. The molecule has 0 aromatic carbocycles. The molecule has 18 heavy (non-hydrogen) atoms. The van der Waals surface area contributed by atoms with Crippen LogP contribution in [0.5, 0.6) is 0 Å². The maximum absolute atomic E-state index is 12.9. The summed E-state index contributed by atoms with van der Waals surface area (Å²) in [6.07, 6.45) is 1.16. The standard InChI is InChI=1S/C11H15F3N4/c1-11(13,14)7-17-2-4-18(5-3-17)10-6-9(12)15-8-16-10/h6,8H,2-5,7H2,1H3. The molecule has 0 saturated carbocycles. The van der Waals surface area contributed by atoms with Crippen molar-refractivity contribution in [2.75, 3.05) is 37.6 Å². The summed E-state index contributed by atoms with van der Waals surface area (Å²) in [5.74, 6) is -2.75. The molecule has 1 fully saturated rings. The number of hydrogen-bond donors (Lipinski definition) is 0. The molecule has 0 bridgehead atoms. The number of alkyl halides is 2. The molecule has 0 radical (unpaired) electrons. The lowest BCUT2D eigenvalue weighted by atomic mass is 10.2. The lowest BCUT2D eigenvalue weighted by Crippen LogP contribution is -2.49. The molecular weight excluding hydrogens is 245 g/mol. The van der Waals surface area contributed by atoms with Gasteiger partial charge in [0.2, 0.25) is 5.95 Å². The highest BCUT2D eigenvalue weighted by Gasteiger charge is 2.27. The lowest BCUT2D eigenvalue weighted by molar-refractivity contribution is -0.0155. The van der Waals surface area contributed by atoms with Crippen molar-refractivity contribution >= 4 is 5.82 Å². The van der Waals surface area contributed by atoms with Crippen LogP contribution in [0.25, 0.3) is 0 Å². The Labute approximate surface area is 103 Å². The Kier molecular flexibility index (Phi) is 3.70. The van der Waals surface area contributed by atoms with E-state index in [0.29, 0.717) is 32.0 Å². The molecule has 1 aromatic heterocycles. The summed E-state index contributed by atoms with van der Waals surface area (Å²) in [5.41, 5.74) is 0. The highest BCUT2D eigenvalue weighted by molar-refractivity contribution is 5.37. The van der Waals surface area contributed by atoms with E-state index in [9.17, 15) is 13.2 Å². The predicted octanol–water partition coefficient (Wildman–Crippen LogP) is 1.39. The fourth-order valence-electron chi connectivity index (χ4n) is 2.02. The summed E-state index contributed by atoms with van der Waals surface area (Å²) in [6, 6.07) is 1.25. The van der Waals surface area contributed by atoms with Crippen molar-refractivity contribution in [3.8, 4) is 0 Å². The Hall–Kier alpha value is -1.37. The second kappa shape index (κ2) is 5.09. The smallest absolute Gasteiger partial charge is 0.257 e. The van der Waals surface area contributed by atoms with E-state index in [1.54, 1.807) is 4.90 Å². The summed E-state index contributed by atoms with van der Waals surface area (Å²) in [5, 5.41) is 0. The van der Waals surface area contributed by atoms with Gasteiger partial charge in [-0.3, -0.25) is 4.90 Å². The third-order valence-electron chi connectivity index (χ3n) is 2.82. The average molecular weight is 260 g/mol. The van der Waals surface area contributed by atoms with Gasteiger partial charge in [0, 0.05) is 39.2 Å². The SMILES string of the molecule is CC(F)(F)CN1CCN(c2cc(F)ncn2)CC1. The molecule has 1 aliphatic heterocycles. The molecular formula is C11H15F3N4. The number of halogens is 3. The maximum atomic E-state index is 12.9. The van der Waals surface area contributed by atoms with E-state index in [-0.39, 0.29) is 6.54 Å². The van der Waals surface area contributed by atoms with Crippen LogP contribution in [0.2, 0.25) is 0 Å². The van der Waals surface area contributed by atoms with Crippen molar-refractivity contribution < 1.29 is 13.2 Å².